The molecule has 1 N–H and O–H groups in total. The molecule has 1 aromatic rings. The molecule has 1 saturated carbocycles. The average molecular weight is 346 g/mol. The van der Waals surface area contributed by atoms with E-state index in [2.05, 4.69) is 27.7 Å². The summed E-state index contributed by atoms with van der Waals surface area (Å²) in [6.45, 7) is 3.38. The van der Waals surface area contributed by atoms with Crippen LogP contribution < -0.4 is 5.32 Å². The van der Waals surface area contributed by atoms with Crippen LogP contribution in [0.2, 0.25) is 0 Å². The molecule has 2 bridgehead atoms. The van der Waals surface area contributed by atoms with E-state index >= 15 is 0 Å². The van der Waals surface area contributed by atoms with Gasteiger partial charge in [0, 0.05) is 0 Å². The normalized spacial score (nSPS) is 32.2. The molecular formula is C16H18N4O3S. The van der Waals surface area contributed by atoms with Crippen LogP contribution in [0.25, 0.3) is 0 Å². The van der Waals surface area contributed by atoms with Crippen molar-refractivity contribution in [2.24, 2.45) is 23.7 Å². The first-order valence-corrected chi connectivity index (χ1v) is 8.95. The minimum Gasteiger partial charge on any atom is -0.299 e. The van der Waals surface area contributed by atoms with E-state index in [1.165, 1.54) is 11.3 Å². The lowest BCUT2D eigenvalue weighted by Gasteiger charge is -2.38. The molecule has 0 aromatic carbocycles. The molecule has 1 aliphatic heterocycles. The van der Waals surface area contributed by atoms with Gasteiger partial charge in [0.1, 0.15) is 11.0 Å². The molecule has 0 radical (unpaired) electrons. The number of nitrogens with zero attached hydrogens (tertiary/aromatic N) is 3. The molecular weight excluding hydrogens is 328 g/mol. The zero-order valence-corrected chi connectivity index (χ0v) is 14.2. The van der Waals surface area contributed by atoms with E-state index in [4.69, 9.17) is 0 Å². The lowest BCUT2D eigenvalue weighted by atomic mass is 9.63. The highest BCUT2D eigenvalue weighted by molar-refractivity contribution is 7.15. The number of likely N-dealkylation sites (tertiary alicyclic amines) is 1. The number of allylic oxidation sites excluding steroid dienone is 2. The second-order valence-electron chi connectivity index (χ2n) is 6.68. The largest absolute Gasteiger partial charge is 0.299 e. The highest BCUT2D eigenvalue weighted by Crippen LogP contribution is 2.49. The number of imide groups is 1. The fraction of sp³-hybridized carbons (Fsp3) is 0.562. The summed E-state index contributed by atoms with van der Waals surface area (Å²) in [6.07, 6.45) is 6.02. The molecule has 2 fully saturated rings. The van der Waals surface area contributed by atoms with Gasteiger partial charge in [0.05, 0.1) is 11.8 Å². The van der Waals surface area contributed by atoms with Gasteiger partial charge in [-0.25, -0.2) is 0 Å². The molecule has 4 aliphatic rings. The summed E-state index contributed by atoms with van der Waals surface area (Å²) < 4.78 is 0. The number of rotatable bonds is 3. The number of hydrogen-bond acceptors (Lipinski definition) is 6. The zero-order chi connectivity index (χ0) is 17.0. The van der Waals surface area contributed by atoms with Crippen LogP contribution in [0, 0.1) is 30.6 Å². The van der Waals surface area contributed by atoms with Crippen molar-refractivity contribution in [3.8, 4) is 0 Å². The van der Waals surface area contributed by atoms with Crippen molar-refractivity contribution in [1.82, 2.24) is 15.1 Å². The van der Waals surface area contributed by atoms with Crippen molar-refractivity contribution in [3.63, 3.8) is 0 Å². The number of amides is 3. The SMILES string of the molecule is Cc1nnc(NC(=O)C(C)N2C(=O)C3C4C=CC(CC4)C3C2=O)s1. The molecule has 1 aromatic heterocycles. The first kappa shape index (κ1) is 15.4. The van der Waals surface area contributed by atoms with Crippen molar-refractivity contribution in [3.05, 3.63) is 17.2 Å². The Morgan fingerprint density at radius 3 is 2.25 bits per heavy atom. The molecule has 5 rings (SSSR count). The number of carbonyl (C=O) groups excluding carboxylic acids is 3. The van der Waals surface area contributed by atoms with Crippen molar-refractivity contribution in [2.75, 3.05) is 5.32 Å². The Morgan fingerprint density at radius 1 is 1.21 bits per heavy atom. The lowest BCUT2D eigenvalue weighted by molar-refractivity contribution is -0.146. The first-order valence-electron chi connectivity index (χ1n) is 8.13. The van der Waals surface area contributed by atoms with Gasteiger partial charge in [0.2, 0.25) is 22.9 Å². The van der Waals surface area contributed by atoms with E-state index in [1.54, 1.807) is 13.8 Å². The van der Waals surface area contributed by atoms with E-state index in [1.807, 2.05) is 0 Å². The molecule has 7 nitrogen and oxygen atoms in total. The standard InChI is InChI=1S/C16H18N4O3S/c1-7(13(21)17-16-19-18-8(2)24-16)20-14(22)11-9-3-4-10(6-5-9)12(11)15(20)23/h3-4,7,9-12H,5-6H2,1-2H3,(H,17,19,21). The maximum Gasteiger partial charge on any atom is 0.249 e. The Morgan fingerprint density at radius 2 is 1.79 bits per heavy atom. The van der Waals surface area contributed by atoms with Crippen molar-refractivity contribution < 1.29 is 14.4 Å². The molecule has 5 atom stereocenters. The van der Waals surface area contributed by atoms with Crippen LogP contribution in [0.4, 0.5) is 5.13 Å². The summed E-state index contributed by atoms with van der Waals surface area (Å²) in [5.74, 6) is -1.15. The summed E-state index contributed by atoms with van der Waals surface area (Å²) in [6, 6.07) is -0.848. The molecule has 2 heterocycles. The fourth-order valence-corrected chi connectivity index (χ4v) is 4.75. The number of hydrogen-bond donors (Lipinski definition) is 1. The molecule has 3 amide bonds. The smallest absolute Gasteiger partial charge is 0.249 e. The van der Waals surface area contributed by atoms with Gasteiger partial charge < -0.3 is 0 Å². The molecule has 8 heteroatoms. The topological polar surface area (TPSA) is 92.3 Å². The predicted molar refractivity (Wildman–Crippen MR) is 86.9 cm³/mol. The third-order valence-electron chi connectivity index (χ3n) is 5.32. The van der Waals surface area contributed by atoms with Crippen LogP contribution in [0.15, 0.2) is 12.2 Å². The van der Waals surface area contributed by atoms with Gasteiger partial charge in [0.25, 0.3) is 0 Å². The van der Waals surface area contributed by atoms with Gasteiger partial charge in [-0.2, -0.15) is 0 Å². The van der Waals surface area contributed by atoms with Crippen LogP contribution in [0.1, 0.15) is 24.8 Å². The molecule has 1 saturated heterocycles. The molecule has 3 aliphatic carbocycles. The highest BCUT2D eigenvalue weighted by Gasteiger charge is 2.58. The minimum atomic E-state index is -0.848. The van der Waals surface area contributed by atoms with E-state index in [9.17, 15) is 14.4 Å². The molecule has 24 heavy (non-hydrogen) atoms. The quantitative estimate of drug-likeness (QED) is 0.659. The number of aryl methyl sites for hydroxylation is 1. The van der Waals surface area contributed by atoms with Crippen molar-refractivity contribution in [1.29, 1.82) is 0 Å². The third-order valence-corrected chi connectivity index (χ3v) is 6.07. The highest BCUT2D eigenvalue weighted by atomic mass is 32.1. The van der Waals surface area contributed by atoms with E-state index < -0.39 is 11.9 Å². The maximum absolute atomic E-state index is 12.8. The third kappa shape index (κ3) is 2.20. The van der Waals surface area contributed by atoms with Crippen molar-refractivity contribution >= 4 is 34.2 Å². The summed E-state index contributed by atoms with van der Waals surface area (Å²) in [5.41, 5.74) is 0. The monoisotopic (exact) mass is 346 g/mol. The molecule has 5 unspecified atom stereocenters. The number of nitrogens with one attached hydrogen (secondary N) is 1. The number of fused-ring (bicyclic) bond motifs is 1. The van der Waals surface area contributed by atoms with Gasteiger partial charge in [0.15, 0.2) is 0 Å². The second-order valence-corrected chi connectivity index (χ2v) is 7.86. The Hall–Kier alpha value is -2.09. The Labute approximate surface area is 143 Å². The van der Waals surface area contributed by atoms with Crippen LogP contribution >= 0.6 is 11.3 Å². The van der Waals surface area contributed by atoms with Gasteiger partial charge >= 0.3 is 0 Å². The minimum absolute atomic E-state index is 0.127. The summed E-state index contributed by atoms with van der Waals surface area (Å²) in [4.78, 5) is 39.2. The van der Waals surface area contributed by atoms with Crippen LogP contribution in [0.3, 0.4) is 0 Å². The summed E-state index contributed by atoms with van der Waals surface area (Å²) in [7, 11) is 0. The summed E-state index contributed by atoms with van der Waals surface area (Å²) >= 11 is 1.26. The average Bonchev–Trinajstić information content (AvgIpc) is 3.10. The van der Waals surface area contributed by atoms with Crippen molar-refractivity contribution in [2.45, 2.75) is 32.7 Å². The molecule has 0 spiro atoms. The molecule has 126 valence electrons. The zero-order valence-electron chi connectivity index (χ0n) is 13.4. The Bertz CT molecular complexity index is 726. The van der Waals surface area contributed by atoms with Gasteiger partial charge in [-0.3, -0.25) is 24.6 Å². The second kappa shape index (κ2) is 5.47. The van der Waals surface area contributed by atoms with E-state index in [0.717, 1.165) is 22.7 Å². The van der Waals surface area contributed by atoms with Crippen LogP contribution in [-0.4, -0.2) is 38.9 Å². The van der Waals surface area contributed by atoms with E-state index in [-0.39, 0.29) is 35.5 Å². The van der Waals surface area contributed by atoms with E-state index in [0.29, 0.717) is 5.13 Å². The van der Waals surface area contributed by atoms with Gasteiger partial charge in [-0.1, -0.05) is 23.5 Å². The predicted octanol–water partition coefficient (Wildman–Crippen LogP) is 1.37. The number of carbonyl (C=O) groups is 3. The summed E-state index contributed by atoms with van der Waals surface area (Å²) in [5, 5.41) is 11.4. The Kier molecular flexibility index (Phi) is 3.52. The number of aromatic nitrogens is 2. The van der Waals surface area contributed by atoms with Gasteiger partial charge in [-0.05, 0) is 38.5 Å². The fourth-order valence-electron chi connectivity index (χ4n) is 4.15. The number of anilines is 1. The Balaban J connectivity index is 1.54. The maximum atomic E-state index is 12.8. The first-order chi connectivity index (χ1) is 11.5. The van der Waals surface area contributed by atoms with Crippen LogP contribution in [-0.2, 0) is 14.4 Å². The van der Waals surface area contributed by atoms with Gasteiger partial charge in [-0.15, -0.1) is 10.2 Å². The van der Waals surface area contributed by atoms with Crippen LogP contribution in [0.5, 0.6) is 0 Å². The lowest BCUT2D eigenvalue weighted by Crippen LogP contribution is -2.46.